The Kier molecular flexibility index (Phi) is 6.70. The van der Waals surface area contributed by atoms with Crippen LogP contribution in [0.4, 0.5) is 0 Å². The maximum atomic E-state index is 12.6. The van der Waals surface area contributed by atoms with Gasteiger partial charge in [-0.15, -0.1) is 0 Å². The van der Waals surface area contributed by atoms with Crippen LogP contribution in [0.25, 0.3) is 0 Å². The standard InChI is InChI=1S/C19H34N4O2/c1-15(21-19(25)16-5-3-2-4-6-16)13-18(24)23-10-7-17(14-23)22-11-8-20-9-12-22/h15-17,20H,2-14H2,1H3,(H,21,25). The third-order valence-corrected chi connectivity index (χ3v) is 6.03. The first kappa shape index (κ1) is 18.6. The van der Waals surface area contributed by atoms with E-state index in [-0.39, 0.29) is 23.8 Å². The summed E-state index contributed by atoms with van der Waals surface area (Å²) in [6, 6.07) is 0.443. The van der Waals surface area contributed by atoms with Crippen LogP contribution in [0, 0.1) is 5.92 Å². The van der Waals surface area contributed by atoms with Gasteiger partial charge in [0, 0.05) is 63.7 Å². The van der Waals surface area contributed by atoms with Gasteiger partial charge in [-0.3, -0.25) is 14.5 Å². The third kappa shape index (κ3) is 5.17. The Morgan fingerprint density at radius 1 is 1.08 bits per heavy atom. The normalized spacial score (nSPS) is 27.2. The predicted octanol–water partition coefficient (Wildman–Crippen LogP) is 0.968. The van der Waals surface area contributed by atoms with E-state index in [1.165, 1.54) is 6.42 Å². The second kappa shape index (κ2) is 8.99. The summed E-state index contributed by atoms with van der Waals surface area (Å²) in [4.78, 5) is 29.4. The first-order valence-electron chi connectivity index (χ1n) is 10.2. The van der Waals surface area contributed by atoms with Gasteiger partial charge in [-0.25, -0.2) is 0 Å². The molecule has 2 N–H and O–H groups in total. The minimum Gasteiger partial charge on any atom is -0.353 e. The van der Waals surface area contributed by atoms with Gasteiger partial charge >= 0.3 is 0 Å². The molecule has 25 heavy (non-hydrogen) atoms. The monoisotopic (exact) mass is 350 g/mol. The van der Waals surface area contributed by atoms with Gasteiger partial charge in [0.2, 0.25) is 11.8 Å². The van der Waals surface area contributed by atoms with Crippen molar-refractivity contribution < 1.29 is 9.59 Å². The van der Waals surface area contributed by atoms with E-state index in [1.54, 1.807) is 0 Å². The van der Waals surface area contributed by atoms with Crippen LogP contribution in [0.1, 0.15) is 51.9 Å². The van der Waals surface area contributed by atoms with Crippen LogP contribution in [-0.4, -0.2) is 73.0 Å². The molecule has 0 aromatic heterocycles. The van der Waals surface area contributed by atoms with Gasteiger partial charge in [0.25, 0.3) is 0 Å². The number of carbonyl (C=O) groups excluding carboxylic acids is 2. The number of amides is 2. The molecule has 2 unspecified atom stereocenters. The SMILES string of the molecule is CC(CC(=O)N1CCC(N2CCNCC2)C1)NC(=O)C1CCCCC1. The average molecular weight is 351 g/mol. The molecule has 3 fully saturated rings. The molecule has 1 saturated carbocycles. The molecule has 2 atom stereocenters. The van der Waals surface area contributed by atoms with Crippen LogP contribution >= 0.6 is 0 Å². The van der Waals surface area contributed by atoms with Crippen molar-refractivity contribution >= 4 is 11.8 Å². The Morgan fingerprint density at radius 2 is 1.80 bits per heavy atom. The van der Waals surface area contributed by atoms with Crippen molar-refractivity contribution in [2.24, 2.45) is 5.92 Å². The number of hydrogen-bond donors (Lipinski definition) is 2. The molecule has 0 bridgehead atoms. The number of piperazine rings is 1. The first-order chi connectivity index (χ1) is 12.1. The van der Waals surface area contributed by atoms with Crippen molar-refractivity contribution in [3.05, 3.63) is 0 Å². The topological polar surface area (TPSA) is 64.7 Å². The zero-order valence-electron chi connectivity index (χ0n) is 15.6. The molecule has 3 rings (SSSR count). The van der Waals surface area contributed by atoms with E-state index < -0.39 is 0 Å². The van der Waals surface area contributed by atoms with Gasteiger partial charge in [-0.1, -0.05) is 19.3 Å². The van der Waals surface area contributed by atoms with Crippen LogP contribution in [0.5, 0.6) is 0 Å². The molecule has 0 radical (unpaired) electrons. The van der Waals surface area contributed by atoms with E-state index in [4.69, 9.17) is 0 Å². The quantitative estimate of drug-likeness (QED) is 0.775. The van der Waals surface area contributed by atoms with E-state index in [1.807, 2.05) is 11.8 Å². The van der Waals surface area contributed by atoms with Gasteiger partial charge < -0.3 is 15.5 Å². The second-order valence-electron chi connectivity index (χ2n) is 8.02. The molecule has 0 aromatic rings. The molecule has 3 aliphatic rings. The van der Waals surface area contributed by atoms with Gasteiger partial charge in [0.05, 0.1) is 0 Å². The lowest BCUT2D eigenvalue weighted by molar-refractivity contribution is -0.131. The predicted molar refractivity (Wildman–Crippen MR) is 98.2 cm³/mol. The van der Waals surface area contributed by atoms with Gasteiger partial charge in [-0.05, 0) is 26.2 Å². The third-order valence-electron chi connectivity index (χ3n) is 6.03. The summed E-state index contributed by atoms with van der Waals surface area (Å²) in [5.41, 5.74) is 0. The van der Waals surface area contributed by atoms with E-state index in [0.717, 1.165) is 71.4 Å². The van der Waals surface area contributed by atoms with Crippen molar-refractivity contribution in [1.82, 2.24) is 20.4 Å². The highest BCUT2D eigenvalue weighted by Gasteiger charge is 2.31. The Balaban J connectivity index is 1.40. The lowest BCUT2D eigenvalue weighted by Gasteiger charge is -2.32. The fourth-order valence-electron chi connectivity index (χ4n) is 4.48. The molecule has 0 spiro atoms. The maximum Gasteiger partial charge on any atom is 0.224 e. The maximum absolute atomic E-state index is 12.6. The Hall–Kier alpha value is -1.14. The lowest BCUT2D eigenvalue weighted by Crippen LogP contribution is -2.49. The van der Waals surface area contributed by atoms with Crippen molar-refractivity contribution in [3.63, 3.8) is 0 Å². The number of nitrogens with zero attached hydrogens (tertiary/aromatic N) is 2. The first-order valence-corrected chi connectivity index (χ1v) is 10.2. The molecule has 2 aliphatic heterocycles. The van der Waals surface area contributed by atoms with E-state index in [0.29, 0.717) is 12.5 Å². The Bertz CT molecular complexity index is 458. The minimum atomic E-state index is -0.0693. The van der Waals surface area contributed by atoms with E-state index in [2.05, 4.69) is 15.5 Å². The molecule has 0 aromatic carbocycles. The fourth-order valence-corrected chi connectivity index (χ4v) is 4.48. The summed E-state index contributed by atoms with van der Waals surface area (Å²) < 4.78 is 0. The summed E-state index contributed by atoms with van der Waals surface area (Å²) >= 11 is 0. The molecule has 2 saturated heterocycles. The molecular formula is C19H34N4O2. The number of likely N-dealkylation sites (tertiary alicyclic amines) is 1. The summed E-state index contributed by atoms with van der Waals surface area (Å²) in [6.45, 7) is 7.94. The lowest BCUT2D eigenvalue weighted by atomic mass is 9.88. The molecule has 6 nitrogen and oxygen atoms in total. The Labute approximate surface area is 151 Å². The number of carbonyl (C=O) groups is 2. The number of hydrogen-bond acceptors (Lipinski definition) is 4. The number of nitrogens with one attached hydrogen (secondary N) is 2. The molecule has 2 amide bonds. The summed E-state index contributed by atoms with van der Waals surface area (Å²) in [5, 5.41) is 6.45. The van der Waals surface area contributed by atoms with Crippen molar-refractivity contribution in [2.75, 3.05) is 39.3 Å². The molecule has 2 heterocycles. The van der Waals surface area contributed by atoms with Crippen molar-refractivity contribution in [1.29, 1.82) is 0 Å². The van der Waals surface area contributed by atoms with Crippen LogP contribution < -0.4 is 10.6 Å². The highest BCUT2D eigenvalue weighted by Crippen LogP contribution is 2.24. The van der Waals surface area contributed by atoms with Crippen molar-refractivity contribution in [3.8, 4) is 0 Å². The van der Waals surface area contributed by atoms with Gasteiger partial charge in [0.1, 0.15) is 0 Å². The highest BCUT2D eigenvalue weighted by atomic mass is 16.2. The second-order valence-corrected chi connectivity index (χ2v) is 8.02. The van der Waals surface area contributed by atoms with Gasteiger partial charge in [-0.2, -0.15) is 0 Å². The molecule has 1 aliphatic carbocycles. The van der Waals surface area contributed by atoms with Crippen LogP contribution in [0.15, 0.2) is 0 Å². The highest BCUT2D eigenvalue weighted by molar-refractivity contribution is 5.81. The molecule has 142 valence electrons. The van der Waals surface area contributed by atoms with Crippen molar-refractivity contribution in [2.45, 2.75) is 64.0 Å². The summed E-state index contributed by atoms with van der Waals surface area (Å²) in [6.07, 6.45) is 7.08. The van der Waals surface area contributed by atoms with Crippen LogP contribution in [0.3, 0.4) is 0 Å². The average Bonchev–Trinajstić information content (AvgIpc) is 3.13. The molecule has 6 heteroatoms. The zero-order chi connectivity index (χ0) is 17.6. The largest absolute Gasteiger partial charge is 0.353 e. The van der Waals surface area contributed by atoms with Crippen LogP contribution in [0.2, 0.25) is 0 Å². The zero-order valence-corrected chi connectivity index (χ0v) is 15.6. The summed E-state index contributed by atoms with van der Waals surface area (Å²) in [5.74, 6) is 0.504. The van der Waals surface area contributed by atoms with E-state index >= 15 is 0 Å². The fraction of sp³-hybridized carbons (Fsp3) is 0.895. The van der Waals surface area contributed by atoms with E-state index in [9.17, 15) is 9.59 Å². The number of rotatable bonds is 5. The summed E-state index contributed by atoms with van der Waals surface area (Å²) in [7, 11) is 0. The van der Waals surface area contributed by atoms with Crippen LogP contribution in [-0.2, 0) is 9.59 Å². The molecular weight excluding hydrogens is 316 g/mol. The Morgan fingerprint density at radius 3 is 2.52 bits per heavy atom. The minimum absolute atomic E-state index is 0.0693. The smallest absolute Gasteiger partial charge is 0.224 e. The van der Waals surface area contributed by atoms with Gasteiger partial charge in [0.15, 0.2) is 0 Å².